The smallest absolute Gasteiger partial charge is 0.327 e. The van der Waals surface area contributed by atoms with Gasteiger partial charge in [-0.2, -0.15) is 0 Å². The number of esters is 1. The quantitative estimate of drug-likeness (QED) is 0.795. The van der Waals surface area contributed by atoms with Gasteiger partial charge in [0.1, 0.15) is 17.7 Å². The van der Waals surface area contributed by atoms with Crippen molar-refractivity contribution in [2.45, 2.75) is 6.04 Å². The van der Waals surface area contributed by atoms with Crippen LogP contribution in [0.25, 0.3) is 0 Å². The van der Waals surface area contributed by atoms with E-state index in [-0.39, 0.29) is 18.0 Å². The molecule has 0 aliphatic carbocycles. The summed E-state index contributed by atoms with van der Waals surface area (Å²) in [7, 11) is 1.12. The van der Waals surface area contributed by atoms with Crippen LogP contribution in [0, 0.1) is 11.6 Å². The molecule has 0 amide bonds. The van der Waals surface area contributed by atoms with Crippen molar-refractivity contribution in [3.8, 4) is 0 Å². The normalized spacial score (nSPS) is 11.5. The van der Waals surface area contributed by atoms with Crippen molar-refractivity contribution in [1.82, 2.24) is 0 Å². The number of hydrogen-bond acceptors (Lipinski definition) is 3. The molecule has 0 saturated carbocycles. The maximum absolute atomic E-state index is 13.1. The zero-order valence-electron chi connectivity index (χ0n) is 7.87. The summed E-state index contributed by atoms with van der Waals surface area (Å²) >= 11 is 0. The number of methoxy groups -OCH3 is 1. The molecule has 0 heterocycles. The van der Waals surface area contributed by atoms with Gasteiger partial charge >= 0.3 is 5.97 Å². The molecule has 0 aliphatic rings. The Morgan fingerprint density at radius 3 is 2.60 bits per heavy atom. The second-order valence-electron chi connectivity index (χ2n) is 2.67. The summed E-state index contributed by atoms with van der Waals surface area (Å²) in [4.78, 5) is 10.9. The molecule has 3 nitrogen and oxygen atoms in total. The molecule has 84 valence electrons. The first-order chi connectivity index (χ1) is 6.56. The Morgan fingerprint density at radius 2 is 2.07 bits per heavy atom. The molecule has 0 bridgehead atoms. The molecule has 15 heavy (non-hydrogen) atoms. The predicted octanol–water partition coefficient (Wildman–Crippen LogP) is 1.56. The minimum atomic E-state index is -1.30. The Bertz CT molecular complexity index is 360. The van der Waals surface area contributed by atoms with E-state index < -0.39 is 23.6 Å². The second-order valence-corrected chi connectivity index (χ2v) is 2.67. The van der Waals surface area contributed by atoms with Crippen LogP contribution in [0.5, 0.6) is 0 Å². The van der Waals surface area contributed by atoms with Gasteiger partial charge in [-0.3, -0.25) is 4.79 Å². The fourth-order valence-corrected chi connectivity index (χ4v) is 1.01. The highest BCUT2D eigenvalue weighted by molar-refractivity contribution is 5.85. The maximum Gasteiger partial charge on any atom is 0.327 e. The van der Waals surface area contributed by atoms with E-state index in [4.69, 9.17) is 5.73 Å². The summed E-state index contributed by atoms with van der Waals surface area (Å²) < 4.78 is 30.1. The third-order valence-corrected chi connectivity index (χ3v) is 1.75. The molecular formula is C9H10ClF2NO2. The van der Waals surface area contributed by atoms with E-state index >= 15 is 0 Å². The summed E-state index contributed by atoms with van der Waals surface area (Å²) in [6.45, 7) is 0. The van der Waals surface area contributed by atoms with E-state index in [1.54, 1.807) is 0 Å². The summed E-state index contributed by atoms with van der Waals surface area (Å²) in [6, 6.07) is 1.43. The summed E-state index contributed by atoms with van der Waals surface area (Å²) in [5, 5.41) is 0. The Hall–Kier alpha value is -1.20. The summed E-state index contributed by atoms with van der Waals surface area (Å²) in [5.41, 5.74) is 5.13. The van der Waals surface area contributed by atoms with Gasteiger partial charge in [0.25, 0.3) is 0 Å². The third-order valence-electron chi connectivity index (χ3n) is 1.75. The number of nitrogens with two attached hydrogens (primary N) is 1. The first-order valence-corrected chi connectivity index (χ1v) is 3.84. The number of rotatable bonds is 2. The van der Waals surface area contributed by atoms with E-state index in [0.29, 0.717) is 0 Å². The van der Waals surface area contributed by atoms with Gasteiger partial charge < -0.3 is 10.5 Å². The van der Waals surface area contributed by atoms with Crippen molar-refractivity contribution in [2.24, 2.45) is 5.73 Å². The number of ether oxygens (including phenoxy) is 1. The number of carbonyl (C=O) groups excluding carboxylic acids is 1. The molecule has 1 rings (SSSR count). The topological polar surface area (TPSA) is 52.3 Å². The zero-order chi connectivity index (χ0) is 10.7. The van der Waals surface area contributed by atoms with Gasteiger partial charge in [0.15, 0.2) is 0 Å². The lowest BCUT2D eigenvalue weighted by molar-refractivity contribution is -0.142. The standard InChI is InChI=1S/C9H9F2NO2.ClH/c1-14-9(13)8(12)6-4-5(10)2-3-7(6)11;/h2-4,8H,12H2,1H3;1H/t8-;/m1./s1. The molecule has 0 aliphatic heterocycles. The summed E-state index contributed by atoms with van der Waals surface area (Å²) in [6.07, 6.45) is 0. The van der Waals surface area contributed by atoms with Crippen LogP contribution < -0.4 is 5.73 Å². The van der Waals surface area contributed by atoms with Gasteiger partial charge in [0.05, 0.1) is 7.11 Å². The molecule has 6 heteroatoms. The maximum atomic E-state index is 13.1. The van der Waals surface area contributed by atoms with Crippen LogP contribution in [0.3, 0.4) is 0 Å². The van der Waals surface area contributed by atoms with Crippen molar-refractivity contribution < 1.29 is 18.3 Å². The van der Waals surface area contributed by atoms with Crippen molar-refractivity contribution in [3.63, 3.8) is 0 Å². The SMILES string of the molecule is COC(=O)[C@H](N)c1cc(F)ccc1F.Cl. The Kier molecular flexibility index (Phi) is 5.18. The molecule has 0 radical (unpaired) electrons. The largest absolute Gasteiger partial charge is 0.468 e. The van der Waals surface area contributed by atoms with E-state index in [1.807, 2.05) is 0 Å². The average molecular weight is 238 g/mol. The highest BCUT2D eigenvalue weighted by atomic mass is 35.5. The van der Waals surface area contributed by atoms with Crippen molar-refractivity contribution in [2.75, 3.05) is 7.11 Å². The van der Waals surface area contributed by atoms with Gasteiger partial charge in [-0.1, -0.05) is 0 Å². The fourth-order valence-electron chi connectivity index (χ4n) is 1.01. The van der Waals surface area contributed by atoms with Crippen LogP contribution in [0.15, 0.2) is 18.2 Å². The van der Waals surface area contributed by atoms with Gasteiger partial charge in [-0.25, -0.2) is 8.78 Å². The van der Waals surface area contributed by atoms with Gasteiger partial charge in [-0.05, 0) is 18.2 Å². The number of benzene rings is 1. The Labute approximate surface area is 91.6 Å². The molecule has 0 unspecified atom stereocenters. The van der Waals surface area contributed by atoms with Gasteiger partial charge in [-0.15, -0.1) is 12.4 Å². The van der Waals surface area contributed by atoms with Crippen LogP contribution in [0.1, 0.15) is 11.6 Å². The van der Waals surface area contributed by atoms with Crippen LogP contribution >= 0.6 is 12.4 Å². The third kappa shape index (κ3) is 3.14. The molecule has 0 spiro atoms. The van der Waals surface area contributed by atoms with Crippen LogP contribution in [-0.4, -0.2) is 13.1 Å². The van der Waals surface area contributed by atoms with E-state index in [9.17, 15) is 13.6 Å². The first-order valence-electron chi connectivity index (χ1n) is 3.84. The fraction of sp³-hybridized carbons (Fsp3) is 0.222. The van der Waals surface area contributed by atoms with E-state index in [1.165, 1.54) is 0 Å². The number of carbonyl (C=O) groups is 1. The van der Waals surface area contributed by atoms with Gasteiger partial charge in [0, 0.05) is 5.56 Å². The minimum Gasteiger partial charge on any atom is -0.468 e. The Morgan fingerprint density at radius 1 is 1.47 bits per heavy atom. The van der Waals surface area contributed by atoms with Crippen molar-refractivity contribution >= 4 is 18.4 Å². The second kappa shape index (κ2) is 5.63. The molecule has 1 atom stereocenters. The highest BCUT2D eigenvalue weighted by Gasteiger charge is 2.20. The lowest BCUT2D eigenvalue weighted by Gasteiger charge is -2.10. The van der Waals surface area contributed by atoms with E-state index in [2.05, 4.69) is 4.74 Å². The molecule has 0 aromatic heterocycles. The lowest BCUT2D eigenvalue weighted by Crippen LogP contribution is -2.23. The molecule has 0 saturated heterocycles. The highest BCUT2D eigenvalue weighted by Crippen LogP contribution is 2.17. The van der Waals surface area contributed by atoms with Crippen LogP contribution in [0.4, 0.5) is 8.78 Å². The Balaban J connectivity index is 0.00000196. The monoisotopic (exact) mass is 237 g/mol. The van der Waals surface area contributed by atoms with Crippen molar-refractivity contribution in [3.05, 3.63) is 35.4 Å². The van der Waals surface area contributed by atoms with Crippen LogP contribution in [0.2, 0.25) is 0 Å². The molecule has 1 aromatic carbocycles. The first kappa shape index (κ1) is 13.8. The lowest BCUT2D eigenvalue weighted by atomic mass is 10.1. The molecule has 2 N–H and O–H groups in total. The molecule has 1 aromatic rings. The number of hydrogen-bond donors (Lipinski definition) is 1. The van der Waals surface area contributed by atoms with Gasteiger partial charge in [0.2, 0.25) is 0 Å². The average Bonchev–Trinajstić information content (AvgIpc) is 2.19. The van der Waals surface area contributed by atoms with Crippen molar-refractivity contribution in [1.29, 1.82) is 0 Å². The summed E-state index contributed by atoms with van der Waals surface area (Å²) in [5.74, 6) is -2.19. The number of halogens is 3. The molecular weight excluding hydrogens is 228 g/mol. The predicted molar refractivity (Wildman–Crippen MR) is 52.6 cm³/mol. The minimum absolute atomic E-state index is 0. The van der Waals surface area contributed by atoms with E-state index in [0.717, 1.165) is 25.3 Å². The molecule has 0 fully saturated rings. The zero-order valence-corrected chi connectivity index (χ0v) is 8.68. The van der Waals surface area contributed by atoms with Crippen LogP contribution in [-0.2, 0) is 9.53 Å².